The van der Waals surface area contributed by atoms with Crippen molar-refractivity contribution >= 4 is 28.6 Å². The maximum absolute atomic E-state index is 12.3. The first kappa shape index (κ1) is 16.0. The van der Waals surface area contributed by atoms with E-state index < -0.39 is 0 Å². The zero-order valence-electron chi connectivity index (χ0n) is 14.0. The number of hydrogen-bond donors (Lipinski definition) is 1. The molecule has 3 fully saturated rings. The number of carbonyl (C=O) groups is 1. The van der Waals surface area contributed by atoms with Crippen LogP contribution in [0.5, 0.6) is 0 Å². The maximum atomic E-state index is 12.3. The van der Waals surface area contributed by atoms with E-state index in [-0.39, 0.29) is 11.5 Å². The van der Waals surface area contributed by atoms with Crippen molar-refractivity contribution in [1.82, 2.24) is 10.2 Å². The molecule has 0 saturated carbocycles. The molecule has 132 valence electrons. The Bertz CT molecular complexity index is 746. The maximum Gasteiger partial charge on any atom is 0.261 e. The SMILES string of the molecule is O=C(NC[C@H]1[C@H]2CN(Cc3ccsc3)C[C@]23CC[C@H]1O3)c1cccs1. The number of nitrogens with zero attached hydrogens (tertiary/aromatic N) is 1. The van der Waals surface area contributed by atoms with Crippen molar-refractivity contribution in [1.29, 1.82) is 0 Å². The fourth-order valence-electron chi connectivity index (χ4n) is 5.03. The lowest BCUT2D eigenvalue weighted by molar-refractivity contribution is 0.00213. The minimum Gasteiger partial charge on any atom is -0.370 e. The Morgan fingerprint density at radius 2 is 2.36 bits per heavy atom. The summed E-state index contributed by atoms with van der Waals surface area (Å²) in [7, 11) is 0. The van der Waals surface area contributed by atoms with E-state index in [1.165, 1.54) is 23.3 Å². The third-order valence-electron chi connectivity index (χ3n) is 6.08. The standard InChI is InChI=1S/C19H22N2O2S2/c22-18(17-2-1-6-25-17)20-8-14-15-10-21(9-13-4-7-24-11-13)12-19(15)5-3-16(14)23-19/h1-2,4,6-7,11,14-16H,3,5,8-10,12H2,(H,20,22)/t14-,15+,16+,19+/m0/s1. The highest BCUT2D eigenvalue weighted by Gasteiger charge is 2.62. The molecule has 3 aliphatic heterocycles. The number of amides is 1. The molecule has 2 aromatic heterocycles. The highest BCUT2D eigenvalue weighted by molar-refractivity contribution is 7.12. The second kappa shape index (κ2) is 6.20. The van der Waals surface area contributed by atoms with Crippen LogP contribution in [0.25, 0.3) is 0 Å². The summed E-state index contributed by atoms with van der Waals surface area (Å²) in [6.07, 6.45) is 2.65. The summed E-state index contributed by atoms with van der Waals surface area (Å²) < 4.78 is 6.48. The van der Waals surface area contributed by atoms with Crippen LogP contribution in [-0.4, -0.2) is 42.1 Å². The Kier molecular flexibility index (Phi) is 3.97. The van der Waals surface area contributed by atoms with Crippen molar-refractivity contribution in [3.05, 3.63) is 44.8 Å². The zero-order valence-corrected chi connectivity index (χ0v) is 15.7. The van der Waals surface area contributed by atoms with Gasteiger partial charge in [0, 0.05) is 38.0 Å². The Balaban J connectivity index is 1.26. The zero-order chi connectivity index (χ0) is 16.9. The molecule has 0 radical (unpaired) electrons. The summed E-state index contributed by atoms with van der Waals surface area (Å²) in [6, 6.07) is 6.03. The van der Waals surface area contributed by atoms with Crippen LogP contribution in [-0.2, 0) is 11.3 Å². The lowest BCUT2D eigenvalue weighted by atomic mass is 9.73. The van der Waals surface area contributed by atoms with E-state index in [1.807, 2.05) is 17.5 Å². The summed E-state index contributed by atoms with van der Waals surface area (Å²) in [5, 5.41) is 9.49. The second-order valence-electron chi connectivity index (χ2n) is 7.52. The minimum atomic E-state index is 0.0407. The van der Waals surface area contributed by atoms with Crippen LogP contribution in [0.2, 0.25) is 0 Å². The molecule has 3 saturated heterocycles. The van der Waals surface area contributed by atoms with E-state index >= 15 is 0 Å². The highest BCUT2D eigenvalue weighted by atomic mass is 32.1. The van der Waals surface area contributed by atoms with Crippen LogP contribution < -0.4 is 5.32 Å². The Morgan fingerprint density at radius 3 is 3.16 bits per heavy atom. The third kappa shape index (κ3) is 2.76. The summed E-state index contributed by atoms with van der Waals surface area (Å²) in [6.45, 7) is 3.88. The smallest absolute Gasteiger partial charge is 0.261 e. The van der Waals surface area contributed by atoms with Gasteiger partial charge in [-0.05, 0) is 46.7 Å². The Labute approximate surface area is 155 Å². The average molecular weight is 375 g/mol. The Morgan fingerprint density at radius 1 is 1.40 bits per heavy atom. The van der Waals surface area contributed by atoms with Crippen molar-refractivity contribution in [2.45, 2.75) is 31.1 Å². The van der Waals surface area contributed by atoms with Gasteiger partial charge in [-0.25, -0.2) is 0 Å². The van der Waals surface area contributed by atoms with Gasteiger partial charge in [-0.1, -0.05) is 6.07 Å². The van der Waals surface area contributed by atoms with Crippen molar-refractivity contribution in [3.63, 3.8) is 0 Å². The van der Waals surface area contributed by atoms with Gasteiger partial charge in [-0.15, -0.1) is 11.3 Å². The monoisotopic (exact) mass is 374 g/mol. The van der Waals surface area contributed by atoms with E-state index in [0.717, 1.165) is 37.5 Å². The molecule has 0 unspecified atom stereocenters. The summed E-state index contributed by atoms with van der Waals surface area (Å²) in [5.41, 5.74) is 1.44. The normalized spacial score (nSPS) is 33.7. The van der Waals surface area contributed by atoms with Crippen LogP contribution in [0.15, 0.2) is 34.3 Å². The predicted molar refractivity (Wildman–Crippen MR) is 100 cm³/mol. The molecule has 5 rings (SSSR count). The van der Waals surface area contributed by atoms with Gasteiger partial charge in [0.2, 0.25) is 0 Å². The van der Waals surface area contributed by atoms with Crippen LogP contribution in [0.3, 0.4) is 0 Å². The number of hydrogen-bond acceptors (Lipinski definition) is 5. The molecule has 3 aliphatic rings. The lowest BCUT2D eigenvalue weighted by Crippen LogP contribution is -2.41. The first-order chi connectivity index (χ1) is 12.2. The first-order valence-corrected chi connectivity index (χ1v) is 10.8. The highest BCUT2D eigenvalue weighted by Crippen LogP contribution is 2.54. The number of thiophene rings is 2. The predicted octanol–water partition coefficient (Wildman–Crippen LogP) is 3.22. The molecule has 1 spiro atoms. The quantitative estimate of drug-likeness (QED) is 0.874. The largest absolute Gasteiger partial charge is 0.370 e. The molecule has 2 aromatic rings. The van der Waals surface area contributed by atoms with E-state index in [4.69, 9.17) is 4.74 Å². The summed E-state index contributed by atoms with van der Waals surface area (Å²) >= 11 is 3.26. The molecule has 1 amide bonds. The lowest BCUT2D eigenvalue weighted by Gasteiger charge is -2.29. The van der Waals surface area contributed by atoms with Gasteiger partial charge in [0.1, 0.15) is 0 Å². The van der Waals surface area contributed by atoms with Gasteiger partial charge in [-0.3, -0.25) is 9.69 Å². The van der Waals surface area contributed by atoms with Gasteiger partial charge < -0.3 is 10.1 Å². The molecule has 6 heteroatoms. The average Bonchev–Trinajstić information content (AvgIpc) is 3.38. The van der Waals surface area contributed by atoms with Crippen molar-refractivity contribution in [2.75, 3.05) is 19.6 Å². The van der Waals surface area contributed by atoms with Crippen molar-refractivity contribution in [3.8, 4) is 0 Å². The molecule has 4 atom stereocenters. The van der Waals surface area contributed by atoms with Crippen LogP contribution in [0, 0.1) is 11.8 Å². The number of fused-ring (bicyclic) bond motifs is 1. The molecule has 5 heterocycles. The van der Waals surface area contributed by atoms with Gasteiger partial charge in [-0.2, -0.15) is 11.3 Å². The number of likely N-dealkylation sites (tertiary alicyclic amines) is 1. The fourth-order valence-corrected chi connectivity index (χ4v) is 6.33. The number of carbonyl (C=O) groups excluding carboxylic acids is 1. The number of rotatable bonds is 5. The van der Waals surface area contributed by atoms with E-state index in [9.17, 15) is 4.79 Å². The van der Waals surface area contributed by atoms with Crippen LogP contribution in [0.4, 0.5) is 0 Å². The fraction of sp³-hybridized carbons (Fsp3) is 0.526. The molecular weight excluding hydrogens is 352 g/mol. The number of nitrogens with one attached hydrogen (secondary N) is 1. The van der Waals surface area contributed by atoms with Crippen LogP contribution in [0.1, 0.15) is 28.1 Å². The van der Waals surface area contributed by atoms with E-state index in [0.29, 0.717) is 17.9 Å². The molecule has 25 heavy (non-hydrogen) atoms. The molecule has 0 aliphatic carbocycles. The first-order valence-electron chi connectivity index (χ1n) is 8.96. The third-order valence-corrected chi connectivity index (χ3v) is 7.68. The topological polar surface area (TPSA) is 41.6 Å². The molecule has 0 aromatic carbocycles. The van der Waals surface area contributed by atoms with E-state index in [1.54, 1.807) is 11.3 Å². The Hall–Kier alpha value is -1.21. The van der Waals surface area contributed by atoms with Gasteiger partial charge >= 0.3 is 0 Å². The molecular formula is C19H22N2O2S2. The van der Waals surface area contributed by atoms with E-state index in [2.05, 4.69) is 27.0 Å². The van der Waals surface area contributed by atoms with Gasteiger partial charge in [0.25, 0.3) is 5.91 Å². The second-order valence-corrected chi connectivity index (χ2v) is 9.25. The van der Waals surface area contributed by atoms with Crippen molar-refractivity contribution < 1.29 is 9.53 Å². The summed E-state index contributed by atoms with van der Waals surface area (Å²) in [5.74, 6) is 1.05. The summed E-state index contributed by atoms with van der Waals surface area (Å²) in [4.78, 5) is 15.6. The van der Waals surface area contributed by atoms with Crippen molar-refractivity contribution in [2.24, 2.45) is 11.8 Å². The van der Waals surface area contributed by atoms with Gasteiger partial charge in [0.15, 0.2) is 0 Å². The molecule has 2 bridgehead atoms. The minimum absolute atomic E-state index is 0.0407. The molecule has 1 N–H and O–H groups in total. The molecule has 4 nitrogen and oxygen atoms in total. The van der Waals surface area contributed by atoms with Crippen LogP contribution >= 0.6 is 22.7 Å². The van der Waals surface area contributed by atoms with Gasteiger partial charge in [0.05, 0.1) is 16.6 Å². The number of ether oxygens (including phenoxy) is 1.